The molecule has 1 aromatic heterocycles. The minimum absolute atomic E-state index is 0.0242. The number of nitrogens with zero attached hydrogens (tertiary/aromatic N) is 5. The molecule has 0 bridgehead atoms. The Balaban J connectivity index is 1.50. The van der Waals surface area contributed by atoms with Gasteiger partial charge >= 0.3 is 5.97 Å². The van der Waals surface area contributed by atoms with Gasteiger partial charge in [0.05, 0.1) is 30.4 Å². The van der Waals surface area contributed by atoms with Crippen LogP contribution in [0.5, 0.6) is 5.75 Å². The average Bonchev–Trinajstić information content (AvgIpc) is 3.31. The number of aromatic nitrogens is 2. The highest BCUT2D eigenvalue weighted by Gasteiger charge is 2.37. The molecule has 0 aliphatic carbocycles. The van der Waals surface area contributed by atoms with E-state index in [2.05, 4.69) is 10.00 Å². The van der Waals surface area contributed by atoms with Gasteiger partial charge in [0.15, 0.2) is 0 Å². The standard InChI is InChI=1S/C25H35N5O6S/c1-4-35-22-11-7-6-10-21(22)28-13-15-30(16-14-28)37(33,34)23-20(18-27(3)26-23)24(31)29-12-8-9-19(17-29)25(32)36-5-2/h6-7,10-11,18-19H,4-5,8-9,12-17H2,1-3H3. The Morgan fingerprint density at radius 1 is 1.05 bits per heavy atom. The second-order valence-electron chi connectivity index (χ2n) is 9.16. The number of amides is 1. The predicted molar refractivity (Wildman–Crippen MR) is 137 cm³/mol. The first-order valence-electron chi connectivity index (χ1n) is 12.7. The van der Waals surface area contributed by atoms with Crippen LogP contribution in [0.2, 0.25) is 0 Å². The van der Waals surface area contributed by atoms with Crippen molar-refractivity contribution in [1.29, 1.82) is 0 Å². The molecule has 2 aliphatic rings. The molecule has 2 aliphatic heterocycles. The third kappa shape index (κ3) is 5.74. The number of carbonyl (C=O) groups excluding carboxylic acids is 2. The van der Waals surface area contributed by atoms with Crippen LogP contribution in [0.25, 0.3) is 0 Å². The van der Waals surface area contributed by atoms with Crippen LogP contribution in [-0.4, -0.2) is 91.8 Å². The van der Waals surface area contributed by atoms with Crippen LogP contribution in [0.1, 0.15) is 37.0 Å². The maximum absolute atomic E-state index is 13.6. The third-order valence-corrected chi connectivity index (χ3v) is 8.52. The number of rotatable bonds is 8. The molecule has 0 radical (unpaired) electrons. The summed E-state index contributed by atoms with van der Waals surface area (Å²) in [5.41, 5.74) is 0.951. The van der Waals surface area contributed by atoms with Crippen molar-refractivity contribution in [2.75, 3.05) is 57.4 Å². The Morgan fingerprint density at radius 2 is 1.78 bits per heavy atom. The zero-order valence-electron chi connectivity index (χ0n) is 21.6. The molecule has 202 valence electrons. The van der Waals surface area contributed by atoms with E-state index in [0.717, 1.165) is 11.4 Å². The molecule has 1 unspecified atom stereocenters. The second-order valence-corrected chi connectivity index (χ2v) is 11.0. The molecule has 12 heteroatoms. The van der Waals surface area contributed by atoms with E-state index in [1.54, 1.807) is 14.0 Å². The van der Waals surface area contributed by atoms with Gasteiger partial charge in [0, 0.05) is 52.5 Å². The fourth-order valence-corrected chi connectivity index (χ4v) is 6.42. The number of esters is 1. The van der Waals surface area contributed by atoms with Crippen molar-refractivity contribution in [2.45, 2.75) is 31.7 Å². The molecule has 11 nitrogen and oxygen atoms in total. The van der Waals surface area contributed by atoms with Crippen LogP contribution in [0.3, 0.4) is 0 Å². The highest BCUT2D eigenvalue weighted by atomic mass is 32.2. The zero-order chi connectivity index (χ0) is 26.6. The van der Waals surface area contributed by atoms with Crippen molar-refractivity contribution >= 4 is 27.6 Å². The SMILES string of the molecule is CCOC(=O)C1CCCN(C(=O)c2cn(C)nc2S(=O)(=O)N2CCN(c3ccccc3OCC)CC2)C1. The lowest BCUT2D eigenvalue weighted by Gasteiger charge is -2.36. The van der Waals surface area contributed by atoms with E-state index in [4.69, 9.17) is 9.47 Å². The minimum atomic E-state index is -4.02. The molecule has 1 aromatic carbocycles. The van der Waals surface area contributed by atoms with Gasteiger partial charge in [0.1, 0.15) is 5.75 Å². The largest absolute Gasteiger partial charge is 0.492 e. The molecular weight excluding hydrogens is 498 g/mol. The van der Waals surface area contributed by atoms with Crippen LogP contribution in [0.15, 0.2) is 35.5 Å². The minimum Gasteiger partial charge on any atom is -0.492 e. The predicted octanol–water partition coefficient (Wildman–Crippen LogP) is 1.75. The number of likely N-dealkylation sites (tertiary alicyclic amines) is 1. The molecule has 2 saturated heterocycles. The summed E-state index contributed by atoms with van der Waals surface area (Å²) in [5.74, 6) is -0.420. The van der Waals surface area contributed by atoms with Crippen LogP contribution in [0.4, 0.5) is 5.69 Å². The Kier molecular flexibility index (Phi) is 8.38. The van der Waals surface area contributed by atoms with Gasteiger partial charge in [-0.25, -0.2) is 8.42 Å². The number of para-hydroxylation sites is 2. The lowest BCUT2D eigenvalue weighted by molar-refractivity contribution is -0.149. The smallest absolute Gasteiger partial charge is 0.310 e. The van der Waals surface area contributed by atoms with Gasteiger partial charge in [-0.2, -0.15) is 9.40 Å². The molecule has 4 rings (SSSR count). The van der Waals surface area contributed by atoms with E-state index in [-0.39, 0.29) is 42.8 Å². The molecule has 0 N–H and O–H groups in total. The molecule has 0 saturated carbocycles. The number of piperidine rings is 1. The molecule has 1 atom stereocenters. The van der Waals surface area contributed by atoms with E-state index in [0.29, 0.717) is 39.1 Å². The summed E-state index contributed by atoms with van der Waals surface area (Å²) in [5, 5.41) is 3.94. The van der Waals surface area contributed by atoms with E-state index >= 15 is 0 Å². The maximum Gasteiger partial charge on any atom is 0.310 e. The van der Waals surface area contributed by atoms with Crippen molar-refractivity contribution in [3.05, 3.63) is 36.0 Å². The van der Waals surface area contributed by atoms with Gasteiger partial charge in [-0.1, -0.05) is 12.1 Å². The normalized spacial score (nSPS) is 19.1. The van der Waals surface area contributed by atoms with Gasteiger partial charge in [0.25, 0.3) is 15.9 Å². The van der Waals surface area contributed by atoms with Gasteiger partial charge < -0.3 is 19.3 Å². The molecule has 0 spiro atoms. The topological polar surface area (TPSA) is 114 Å². The number of carbonyl (C=O) groups is 2. The van der Waals surface area contributed by atoms with Crippen molar-refractivity contribution in [3.8, 4) is 5.75 Å². The summed E-state index contributed by atoms with van der Waals surface area (Å²) >= 11 is 0. The number of ether oxygens (including phenoxy) is 2. The summed E-state index contributed by atoms with van der Waals surface area (Å²) in [6.07, 6.45) is 2.72. The van der Waals surface area contributed by atoms with E-state index in [9.17, 15) is 18.0 Å². The number of hydrogen-bond donors (Lipinski definition) is 0. The van der Waals surface area contributed by atoms with Gasteiger partial charge in [0.2, 0.25) is 5.03 Å². The Bertz CT molecular complexity index is 1220. The number of anilines is 1. The Hall–Kier alpha value is -3.12. The molecular formula is C25H35N5O6S. The lowest BCUT2D eigenvalue weighted by Crippen LogP contribution is -2.49. The van der Waals surface area contributed by atoms with Crippen LogP contribution < -0.4 is 9.64 Å². The maximum atomic E-state index is 13.6. The van der Waals surface area contributed by atoms with Gasteiger partial charge in [-0.3, -0.25) is 14.3 Å². The summed E-state index contributed by atoms with van der Waals surface area (Å²) in [7, 11) is -2.42. The number of benzene rings is 1. The third-order valence-electron chi connectivity index (χ3n) is 6.68. The van der Waals surface area contributed by atoms with Crippen LogP contribution in [0, 0.1) is 5.92 Å². The molecule has 2 fully saturated rings. The molecule has 3 heterocycles. The number of sulfonamides is 1. The number of piperazine rings is 1. The van der Waals surface area contributed by atoms with Gasteiger partial charge in [-0.15, -0.1) is 0 Å². The summed E-state index contributed by atoms with van der Waals surface area (Å²) in [6.45, 7) is 6.59. The highest BCUT2D eigenvalue weighted by Crippen LogP contribution is 2.30. The number of hydrogen-bond acceptors (Lipinski definition) is 8. The van der Waals surface area contributed by atoms with Crippen molar-refractivity contribution in [1.82, 2.24) is 19.0 Å². The molecule has 37 heavy (non-hydrogen) atoms. The Morgan fingerprint density at radius 3 is 2.49 bits per heavy atom. The van der Waals surface area contributed by atoms with Crippen molar-refractivity contribution in [2.24, 2.45) is 13.0 Å². The first kappa shape index (κ1) is 26.9. The summed E-state index contributed by atoms with van der Waals surface area (Å²) in [6, 6.07) is 7.71. The van der Waals surface area contributed by atoms with Crippen LogP contribution in [-0.2, 0) is 26.6 Å². The van der Waals surface area contributed by atoms with Crippen LogP contribution >= 0.6 is 0 Å². The molecule has 1 amide bonds. The van der Waals surface area contributed by atoms with E-state index in [1.807, 2.05) is 31.2 Å². The average molecular weight is 534 g/mol. The molecule has 2 aromatic rings. The number of aryl methyl sites for hydroxylation is 1. The van der Waals surface area contributed by atoms with Crippen molar-refractivity contribution in [3.63, 3.8) is 0 Å². The quantitative estimate of drug-likeness (QED) is 0.472. The highest BCUT2D eigenvalue weighted by molar-refractivity contribution is 7.89. The summed E-state index contributed by atoms with van der Waals surface area (Å²) in [4.78, 5) is 29.3. The summed E-state index contributed by atoms with van der Waals surface area (Å²) < 4.78 is 40.9. The fraction of sp³-hybridized carbons (Fsp3) is 0.560. The monoisotopic (exact) mass is 533 g/mol. The van der Waals surface area contributed by atoms with Gasteiger partial charge in [-0.05, 0) is 38.8 Å². The lowest BCUT2D eigenvalue weighted by atomic mass is 9.98. The zero-order valence-corrected chi connectivity index (χ0v) is 22.4. The first-order valence-corrected chi connectivity index (χ1v) is 14.2. The van der Waals surface area contributed by atoms with E-state index in [1.165, 1.54) is 20.1 Å². The fourth-order valence-electron chi connectivity index (χ4n) is 4.88. The van der Waals surface area contributed by atoms with E-state index < -0.39 is 21.8 Å². The Labute approximate surface area is 218 Å². The van der Waals surface area contributed by atoms with Crippen molar-refractivity contribution < 1.29 is 27.5 Å². The first-order chi connectivity index (χ1) is 17.8. The second kappa shape index (κ2) is 11.5.